The first-order chi connectivity index (χ1) is 14.1. The van der Waals surface area contributed by atoms with Crippen molar-refractivity contribution in [2.75, 3.05) is 24.7 Å². The average Bonchev–Trinajstić information content (AvgIpc) is 3.47. The predicted octanol–water partition coefficient (Wildman–Crippen LogP) is -0.442. The number of hydrogen-bond acceptors (Lipinski definition) is 8. The fourth-order valence-corrected chi connectivity index (χ4v) is 5.95. The number of nitrogens with one attached hydrogen (secondary N) is 1. The number of rotatable bonds is 8. The zero-order valence-electron chi connectivity index (χ0n) is 16.0. The molecular weight excluding hydrogens is 434 g/mol. The van der Waals surface area contributed by atoms with Gasteiger partial charge in [0.2, 0.25) is 10.0 Å². The van der Waals surface area contributed by atoms with Gasteiger partial charge in [0.1, 0.15) is 6.54 Å². The monoisotopic (exact) mass is 455 g/mol. The van der Waals surface area contributed by atoms with Gasteiger partial charge in [0.15, 0.2) is 16.4 Å². The second-order valence-electron chi connectivity index (χ2n) is 7.21. The molecule has 162 valence electrons. The van der Waals surface area contributed by atoms with Gasteiger partial charge in [0.25, 0.3) is 5.91 Å². The Labute approximate surface area is 174 Å². The van der Waals surface area contributed by atoms with Gasteiger partial charge in [-0.3, -0.25) is 9.59 Å². The summed E-state index contributed by atoms with van der Waals surface area (Å²) in [7, 11) is -7.15. The van der Waals surface area contributed by atoms with E-state index in [1.54, 1.807) is 0 Å². The highest BCUT2D eigenvalue weighted by atomic mass is 32.2. The minimum atomic E-state index is -3.99. The molecule has 1 aromatic carbocycles. The molecule has 12 heteroatoms. The molecule has 0 aromatic heterocycles. The van der Waals surface area contributed by atoms with Crippen molar-refractivity contribution in [3.63, 3.8) is 0 Å². The molecule has 1 saturated carbocycles. The van der Waals surface area contributed by atoms with Crippen LogP contribution >= 0.6 is 0 Å². The Hall–Kier alpha value is -2.49. The highest BCUT2D eigenvalue weighted by Gasteiger charge is 2.42. The lowest BCUT2D eigenvalue weighted by Gasteiger charge is -2.28. The Bertz CT molecular complexity index is 1070. The van der Waals surface area contributed by atoms with Crippen LogP contribution < -0.4 is 4.72 Å². The number of hydrogen-bond donors (Lipinski definition) is 1. The summed E-state index contributed by atoms with van der Waals surface area (Å²) in [5.74, 6) is -1.48. The molecule has 30 heavy (non-hydrogen) atoms. The Kier molecular flexibility index (Phi) is 6.44. The van der Waals surface area contributed by atoms with E-state index in [1.165, 1.54) is 29.2 Å². The molecule has 0 bridgehead atoms. The molecule has 0 radical (unpaired) electrons. The molecule has 1 aliphatic carbocycles. The number of carbonyl (C=O) groups excluding carboxylic acids is 2. The highest BCUT2D eigenvalue weighted by Crippen LogP contribution is 2.32. The Morgan fingerprint density at radius 1 is 1.17 bits per heavy atom. The van der Waals surface area contributed by atoms with Crippen molar-refractivity contribution in [2.45, 2.75) is 36.2 Å². The number of benzene rings is 1. The van der Waals surface area contributed by atoms with Gasteiger partial charge in [-0.1, -0.05) is 0 Å². The number of ether oxygens (including phenoxy) is 1. The third-order valence-electron chi connectivity index (χ3n) is 4.89. The second-order valence-corrected chi connectivity index (χ2v) is 11.2. The van der Waals surface area contributed by atoms with Crippen LogP contribution in [0.3, 0.4) is 0 Å². The van der Waals surface area contributed by atoms with E-state index in [-0.39, 0.29) is 22.4 Å². The van der Waals surface area contributed by atoms with Crippen molar-refractivity contribution in [3.05, 3.63) is 29.8 Å². The van der Waals surface area contributed by atoms with Gasteiger partial charge in [-0.05, 0) is 43.5 Å². The van der Waals surface area contributed by atoms with Crippen molar-refractivity contribution < 1.29 is 31.2 Å². The van der Waals surface area contributed by atoms with Crippen molar-refractivity contribution in [1.29, 1.82) is 5.26 Å². The van der Waals surface area contributed by atoms with Crippen LogP contribution in [-0.4, -0.2) is 70.4 Å². The number of carbonyl (C=O) groups is 2. The summed E-state index contributed by atoms with van der Waals surface area (Å²) >= 11 is 0. The first-order valence-electron chi connectivity index (χ1n) is 9.28. The maximum atomic E-state index is 12.5. The molecule has 3 rings (SSSR count). The van der Waals surface area contributed by atoms with Gasteiger partial charge in [-0.2, -0.15) is 9.98 Å². The van der Waals surface area contributed by atoms with Crippen LogP contribution in [0.15, 0.2) is 29.2 Å². The molecule has 1 atom stereocenters. The molecule has 0 unspecified atom stereocenters. The molecule has 10 nitrogen and oxygen atoms in total. The van der Waals surface area contributed by atoms with Crippen molar-refractivity contribution in [3.8, 4) is 6.07 Å². The van der Waals surface area contributed by atoms with Crippen molar-refractivity contribution in [2.24, 2.45) is 0 Å². The van der Waals surface area contributed by atoms with E-state index in [0.717, 1.165) is 12.8 Å². The van der Waals surface area contributed by atoms with Crippen LogP contribution in [-0.2, 0) is 34.2 Å². The largest absolute Gasteiger partial charge is 0.455 e. The zero-order chi connectivity index (χ0) is 21.9. The summed E-state index contributed by atoms with van der Waals surface area (Å²) in [5, 5.41) is 8.75. The summed E-state index contributed by atoms with van der Waals surface area (Å²) in [4.78, 5) is 25.8. The lowest BCUT2D eigenvalue weighted by molar-refractivity contribution is -0.152. The fourth-order valence-electron chi connectivity index (χ4n) is 3.27. The summed E-state index contributed by atoms with van der Waals surface area (Å²) < 4.78 is 54.7. The number of nitrogens with zero attached hydrogens (tertiary/aromatic N) is 2. The van der Waals surface area contributed by atoms with Gasteiger partial charge < -0.3 is 9.64 Å². The molecule has 1 amide bonds. The minimum absolute atomic E-state index is 0.0328. The molecule has 2 fully saturated rings. The Morgan fingerprint density at radius 2 is 1.83 bits per heavy atom. The standard InChI is InChI=1S/C18H21N3O7S2/c19-9-13-1-5-16(6-2-13)30(26,27)20-10-18(23)28-11-17(22)21(14-3-4-14)15-7-8-29(24,25)12-15/h1-2,5-6,14-15,20H,3-4,7-8,10-12H2/t15-/m1/s1. The lowest BCUT2D eigenvalue weighted by atomic mass is 10.2. The zero-order valence-corrected chi connectivity index (χ0v) is 17.6. The van der Waals surface area contributed by atoms with E-state index in [9.17, 15) is 26.4 Å². The minimum Gasteiger partial charge on any atom is -0.455 e. The van der Waals surface area contributed by atoms with Gasteiger partial charge >= 0.3 is 5.97 Å². The van der Waals surface area contributed by atoms with E-state index < -0.39 is 50.9 Å². The number of esters is 1. The molecule has 1 saturated heterocycles. The summed E-state index contributed by atoms with van der Waals surface area (Å²) in [6, 6.07) is 6.56. The highest BCUT2D eigenvalue weighted by molar-refractivity contribution is 7.91. The third kappa shape index (κ3) is 5.56. The molecule has 1 N–H and O–H groups in total. The number of nitriles is 1. The number of sulfonamides is 1. The SMILES string of the molecule is N#Cc1ccc(S(=O)(=O)NCC(=O)OCC(=O)N(C2CC2)[C@@H]2CCS(=O)(=O)C2)cc1. The van der Waals surface area contributed by atoms with Crippen molar-refractivity contribution >= 4 is 31.7 Å². The van der Waals surface area contributed by atoms with Crippen LogP contribution in [0.1, 0.15) is 24.8 Å². The second kappa shape index (κ2) is 8.71. The lowest BCUT2D eigenvalue weighted by Crippen LogP contribution is -2.45. The van der Waals surface area contributed by atoms with Crippen LogP contribution in [0, 0.1) is 11.3 Å². The molecule has 0 spiro atoms. The fraction of sp³-hybridized carbons (Fsp3) is 0.500. The van der Waals surface area contributed by atoms with E-state index in [4.69, 9.17) is 10.00 Å². The smallest absolute Gasteiger partial charge is 0.321 e. The molecule has 2 aliphatic rings. The van der Waals surface area contributed by atoms with Gasteiger partial charge in [0.05, 0.1) is 28.0 Å². The number of amides is 1. The van der Waals surface area contributed by atoms with Crippen LogP contribution in [0.2, 0.25) is 0 Å². The maximum Gasteiger partial charge on any atom is 0.321 e. The van der Waals surface area contributed by atoms with Crippen LogP contribution in [0.5, 0.6) is 0 Å². The average molecular weight is 456 g/mol. The topological polar surface area (TPSA) is 151 Å². The van der Waals surface area contributed by atoms with Gasteiger partial charge in [-0.15, -0.1) is 0 Å². The molecule has 1 heterocycles. The summed E-state index contributed by atoms with van der Waals surface area (Å²) in [6.07, 6.45) is 1.92. The van der Waals surface area contributed by atoms with Crippen LogP contribution in [0.25, 0.3) is 0 Å². The normalized spacial score (nSPS) is 20.3. The molecule has 1 aromatic rings. The summed E-state index contributed by atoms with van der Waals surface area (Å²) in [5.41, 5.74) is 0.294. The number of sulfone groups is 1. The first kappa shape index (κ1) is 22.2. The summed E-state index contributed by atoms with van der Waals surface area (Å²) in [6.45, 7) is -1.25. The van der Waals surface area contributed by atoms with Gasteiger partial charge in [-0.25, -0.2) is 16.8 Å². The Balaban J connectivity index is 1.51. The Morgan fingerprint density at radius 3 is 2.37 bits per heavy atom. The van der Waals surface area contributed by atoms with E-state index in [1.807, 2.05) is 6.07 Å². The third-order valence-corrected chi connectivity index (χ3v) is 8.05. The first-order valence-corrected chi connectivity index (χ1v) is 12.6. The molecular formula is C18H21N3O7S2. The van der Waals surface area contributed by atoms with E-state index >= 15 is 0 Å². The van der Waals surface area contributed by atoms with Crippen molar-refractivity contribution in [1.82, 2.24) is 9.62 Å². The van der Waals surface area contributed by atoms with E-state index in [0.29, 0.717) is 12.0 Å². The predicted molar refractivity (Wildman–Crippen MR) is 104 cm³/mol. The van der Waals surface area contributed by atoms with E-state index in [2.05, 4.69) is 4.72 Å². The maximum absolute atomic E-state index is 12.5. The molecule has 1 aliphatic heterocycles. The quantitative estimate of drug-likeness (QED) is 0.518. The van der Waals surface area contributed by atoms with Crippen LogP contribution in [0.4, 0.5) is 0 Å². The van der Waals surface area contributed by atoms with Gasteiger partial charge in [0, 0.05) is 12.1 Å².